The highest BCUT2D eigenvalue weighted by Gasteiger charge is 2.59. The van der Waals surface area contributed by atoms with Gasteiger partial charge in [-0.25, -0.2) is 0 Å². The molecule has 0 amide bonds. The average molecular weight is 1200 g/mol. The fourth-order valence-corrected chi connectivity index (χ4v) is 18.0. The molecule has 0 fully saturated rings. The smallest absolute Gasteiger partial charge is 0.0720 e. The van der Waals surface area contributed by atoms with Crippen molar-refractivity contribution in [3.8, 4) is 66.8 Å². The van der Waals surface area contributed by atoms with Crippen molar-refractivity contribution in [2.24, 2.45) is 0 Å². The van der Waals surface area contributed by atoms with E-state index in [2.05, 4.69) is 365 Å². The molecule has 0 heterocycles. The minimum absolute atomic E-state index is 0.170. The summed E-state index contributed by atoms with van der Waals surface area (Å²) in [6.45, 7) is 9.54. The van der Waals surface area contributed by atoms with Gasteiger partial charge in [0.2, 0.25) is 0 Å². The summed E-state index contributed by atoms with van der Waals surface area (Å²) in [4.78, 5) is 5.01. The zero-order chi connectivity index (χ0) is 62.7. The van der Waals surface area contributed by atoms with Crippen molar-refractivity contribution < 1.29 is 0 Å². The van der Waals surface area contributed by atoms with Crippen molar-refractivity contribution in [3.05, 3.63) is 394 Å². The molecule has 14 aromatic rings. The molecule has 0 atom stereocenters. The van der Waals surface area contributed by atoms with Gasteiger partial charge in [0.15, 0.2) is 0 Å². The number of anilines is 6. The normalized spacial score (nSPS) is 17.0. The minimum atomic E-state index is -0.688. The van der Waals surface area contributed by atoms with Gasteiger partial charge < -0.3 is 9.80 Å². The predicted octanol–water partition coefficient (Wildman–Crippen LogP) is 23.6. The fourth-order valence-electron chi connectivity index (χ4n) is 18.0. The van der Waals surface area contributed by atoms with Crippen molar-refractivity contribution in [1.29, 1.82) is 0 Å². The molecule has 0 saturated heterocycles. The predicted molar refractivity (Wildman–Crippen MR) is 390 cm³/mol. The number of hydrogen-bond donors (Lipinski definition) is 0. The first kappa shape index (κ1) is 54.4. The number of fused-ring (bicyclic) bond motifs is 22. The minimum Gasteiger partial charge on any atom is -0.310 e. The van der Waals surface area contributed by atoms with E-state index in [1.54, 1.807) is 0 Å². The zero-order valence-electron chi connectivity index (χ0n) is 53.1. The van der Waals surface area contributed by atoms with Gasteiger partial charge >= 0.3 is 0 Å². The van der Waals surface area contributed by atoms with Gasteiger partial charge in [-0.05, 0) is 206 Å². The van der Waals surface area contributed by atoms with E-state index in [-0.39, 0.29) is 10.8 Å². The summed E-state index contributed by atoms with van der Waals surface area (Å²) in [6.07, 6.45) is 0. The van der Waals surface area contributed by atoms with Gasteiger partial charge in [0.25, 0.3) is 0 Å². The van der Waals surface area contributed by atoms with Crippen molar-refractivity contribution in [2.45, 2.75) is 49.4 Å². The van der Waals surface area contributed by atoms with Crippen LogP contribution in [0.2, 0.25) is 0 Å². The highest BCUT2D eigenvalue weighted by atomic mass is 15.1. The van der Waals surface area contributed by atoms with E-state index in [9.17, 15) is 0 Å². The Bertz CT molecular complexity index is 5390. The molecule has 0 aliphatic heterocycles. The Morgan fingerprint density at radius 2 is 0.426 bits per heavy atom. The van der Waals surface area contributed by atoms with E-state index in [0.29, 0.717) is 0 Å². The molecule has 14 aromatic carbocycles. The molecule has 94 heavy (non-hydrogen) atoms. The Kier molecular flexibility index (Phi) is 11.6. The third-order valence-electron chi connectivity index (χ3n) is 22.2. The lowest BCUT2D eigenvalue weighted by Gasteiger charge is -2.49. The molecule has 5 aliphatic rings. The van der Waals surface area contributed by atoms with E-state index < -0.39 is 10.8 Å². The van der Waals surface area contributed by atoms with Crippen LogP contribution in [0.15, 0.2) is 328 Å². The van der Waals surface area contributed by atoms with Crippen LogP contribution in [0, 0.1) is 0 Å². The molecule has 0 aromatic heterocycles. The van der Waals surface area contributed by atoms with Gasteiger partial charge in [-0.3, -0.25) is 0 Å². The monoisotopic (exact) mass is 1200 g/mol. The van der Waals surface area contributed by atoms with Crippen LogP contribution < -0.4 is 9.80 Å². The molecule has 2 spiro atoms. The van der Waals surface area contributed by atoms with Gasteiger partial charge in [0, 0.05) is 45.0 Å². The molecule has 444 valence electrons. The zero-order valence-corrected chi connectivity index (χ0v) is 53.1. The van der Waals surface area contributed by atoms with Crippen molar-refractivity contribution in [3.63, 3.8) is 0 Å². The largest absolute Gasteiger partial charge is 0.310 e. The Balaban J connectivity index is 0.809. The summed E-state index contributed by atoms with van der Waals surface area (Å²) in [5, 5.41) is 0. The van der Waals surface area contributed by atoms with E-state index in [0.717, 1.165) is 34.1 Å². The van der Waals surface area contributed by atoms with Crippen LogP contribution in [0.1, 0.15) is 94.5 Å². The summed E-state index contributed by atoms with van der Waals surface area (Å²) in [6, 6.07) is 124. The van der Waals surface area contributed by atoms with Crippen LogP contribution in [-0.4, -0.2) is 0 Å². The summed E-state index contributed by atoms with van der Waals surface area (Å²) in [7, 11) is 0. The second-order valence-electron chi connectivity index (χ2n) is 27.4. The Morgan fingerprint density at radius 1 is 0.170 bits per heavy atom. The van der Waals surface area contributed by atoms with Crippen LogP contribution in [0.3, 0.4) is 0 Å². The van der Waals surface area contributed by atoms with Crippen LogP contribution >= 0.6 is 0 Å². The highest BCUT2D eigenvalue weighted by molar-refractivity contribution is 5.97. The first-order chi connectivity index (χ1) is 46.1. The standard InChI is InChI=1S/C92H66N2/c1-89(2)77-31-15-11-27-69(77)73-51-47-66(56-86(73)89)93(63-43-39-61(40-44-63)59-23-7-5-8-24-59)65-50-54-81-76(55-65)72-30-14-18-34-80(72)91(81)82-35-19-21-37-84(82)92(85-38-22-20-36-83(85)91)79-33-17-13-29-71(79)75-53-49-68(58-88(75)92)94(64-45-41-62(42-46-64)60-25-9-6-10-26-60)67-48-52-74-70-28-12-16-32-78(70)90(3,4)87(74)57-67/h5-58H,1-4H3. The van der Waals surface area contributed by atoms with Gasteiger partial charge in [-0.15, -0.1) is 0 Å². The number of nitrogens with zero attached hydrogens (tertiary/aromatic N) is 2. The second kappa shape index (κ2) is 20.1. The molecule has 0 N–H and O–H groups in total. The number of rotatable bonds is 8. The van der Waals surface area contributed by atoms with Crippen LogP contribution in [-0.2, 0) is 21.7 Å². The van der Waals surface area contributed by atoms with E-state index >= 15 is 0 Å². The quantitative estimate of drug-likeness (QED) is 0.150. The Morgan fingerprint density at radius 3 is 0.840 bits per heavy atom. The number of hydrogen-bond acceptors (Lipinski definition) is 2. The third-order valence-corrected chi connectivity index (χ3v) is 22.2. The highest BCUT2D eigenvalue weighted by Crippen LogP contribution is 2.68. The summed E-state index contributed by atoms with van der Waals surface area (Å²) in [5.41, 5.74) is 36.0. The molecular formula is C92H66N2. The molecule has 2 nitrogen and oxygen atoms in total. The first-order valence-corrected chi connectivity index (χ1v) is 33.2. The first-order valence-electron chi connectivity index (χ1n) is 33.2. The maximum absolute atomic E-state index is 2.56. The average Bonchev–Trinajstić information content (AvgIpc) is 1.41. The molecule has 5 aliphatic carbocycles. The second-order valence-corrected chi connectivity index (χ2v) is 27.4. The van der Waals surface area contributed by atoms with Crippen LogP contribution in [0.25, 0.3) is 66.8 Å². The van der Waals surface area contributed by atoms with E-state index in [1.165, 1.54) is 134 Å². The molecule has 0 radical (unpaired) electrons. The van der Waals surface area contributed by atoms with Gasteiger partial charge in [-0.2, -0.15) is 0 Å². The lowest BCUT2D eigenvalue weighted by molar-refractivity contribution is 0.633. The van der Waals surface area contributed by atoms with Gasteiger partial charge in [-0.1, -0.05) is 282 Å². The third kappa shape index (κ3) is 7.42. The molecule has 0 unspecified atom stereocenters. The molecule has 19 rings (SSSR count). The van der Waals surface area contributed by atoms with Crippen molar-refractivity contribution >= 4 is 34.1 Å². The van der Waals surface area contributed by atoms with Crippen LogP contribution in [0.5, 0.6) is 0 Å². The molecular weight excluding hydrogens is 1130 g/mol. The SMILES string of the molecule is CC1(C)c2ccccc2-c2ccc(N(c3ccc(-c4ccccc4)cc3)c3ccc4c(c3)-c3ccccc3C43c4ccccc4C4(c5ccccc5-c5ccc(N(c6ccc(-c7ccccc7)cc6)c6ccc7c(c6)C(C)(C)c6ccccc6-7)cc54)c4ccccc43)cc21. The Labute approximate surface area is 551 Å². The molecule has 0 saturated carbocycles. The lowest BCUT2D eigenvalue weighted by Crippen LogP contribution is -2.43. The Hall–Kier alpha value is -11.3. The van der Waals surface area contributed by atoms with Crippen LogP contribution in [0.4, 0.5) is 34.1 Å². The van der Waals surface area contributed by atoms with E-state index in [4.69, 9.17) is 0 Å². The lowest BCUT2D eigenvalue weighted by atomic mass is 9.52. The summed E-state index contributed by atoms with van der Waals surface area (Å²) < 4.78 is 0. The number of benzene rings is 14. The summed E-state index contributed by atoms with van der Waals surface area (Å²) >= 11 is 0. The van der Waals surface area contributed by atoms with Crippen molar-refractivity contribution in [2.75, 3.05) is 9.80 Å². The van der Waals surface area contributed by atoms with Gasteiger partial charge in [0.1, 0.15) is 0 Å². The summed E-state index contributed by atoms with van der Waals surface area (Å²) in [5.74, 6) is 0. The van der Waals surface area contributed by atoms with Crippen molar-refractivity contribution in [1.82, 2.24) is 0 Å². The van der Waals surface area contributed by atoms with Gasteiger partial charge in [0.05, 0.1) is 10.8 Å². The molecule has 2 heteroatoms. The topological polar surface area (TPSA) is 6.48 Å². The fraction of sp³-hybridized carbons (Fsp3) is 0.0870. The van der Waals surface area contributed by atoms with E-state index in [1.807, 2.05) is 0 Å². The maximum atomic E-state index is 2.56. The maximum Gasteiger partial charge on any atom is 0.0720 e. The molecule has 0 bridgehead atoms.